The van der Waals surface area contributed by atoms with Crippen LogP contribution in [-0.2, 0) is 12.0 Å². The predicted molar refractivity (Wildman–Crippen MR) is 58.3 cm³/mol. The largest absolute Gasteiger partial charge is 0.472 e. The molecule has 1 aromatic carbocycles. The van der Waals surface area contributed by atoms with E-state index in [1.807, 2.05) is 0 Å². The van der Waals surface area contributed by atoms with Gasteiger partial charge in [-0.25, -0.2) is 8.78 Å². The van der Waals surface area contributed by atoms with Crippen LogP contribution in [0.25, 0.3) is 0 Å². The predicted octanol–water partition coefficient (Wildman–Crippen LogP) is 3.01. The highest BCUT2D eigenvalue weighted by Crippen LogP contribution is 2.26. The molecule has 1 N–H and O–H groups in total. The molecule has 1 aromatic heterocycles. The van der Waals surface area contributed by atoms with Gasteiger partial charge in [-0.3, -0.25) is 0 Å². The second kappa shape index (κ2) is 4.30. The first-order valence-electron chi connectivity index (χ1n) is 5.18. The van der Waals surface area contributed by atoms with Gasteiger partial charge in [0.1, 0.15) is 0 Å². The molecule has 17 heavy (non-hydrogen) atoms. The molecule has 0 bridgehead atoms. The summed E-state index contributed by atoms with van der Waals surface area (Å²) in [6, 6.07) is 5.23. The van der Waals surface area contributed by atoms with E-state index in [2.05, 4.69) is 0 Å². The summed E-state index contributed by atoms with van der Waals surface area (Å²) in [4.78, 5) is 0. The molecular formula is C13H12F2O2. The fourth-order valence-corrected chi connectivity index (χ4v) is 1.72. The molecule has 0 aliphatic heterocycles. The third-order valence-corrected chi connectivity index (χ3v) is 2.68. The first-order valence-corrected chi connectivity index (χ1v) is 5.18. The quantitative estimate of drug-likeness (QED) is 0.891. The normalized spacial score (nSPS) is 14.6. The van der Waals surface area contributed by atoms with Gasteiger partial charge in [-0.2, -0.15) is 0 Å². The Labute approximate surface area is 97.5 Å². The maximum Gasteiger partial charge on any atom is 0.159 e. The van der Waals surface area contributed by atoms with Crippen LogP contribution in [0, 0.1) is 11.6 Å². The van der Waals surface area contributed by atoms with Crippen molar-refractivity contribution in [3.8, 4) is 0 Å². The van der Waals surface area contributed by atoms with E-state index < -0.39 is 17.2 Å². The van der Waals surface area contributed by atoms with Crippen molar-refractivity contribution in [2.24, 2.45) is 0 Å². The van der Waals surface area contributed by atoms with Crippen molar-refractivity contribution in [2.45, 2.75) is 18.9 Å². The van der Waals surface area contributed by atoms with Gasteiger partial charge in [0.15, 0.2) is 11.6 Å². The summed E-state index contributed by atoms with van der Waals surface area (Å²) in [7, 11) is 0. The lowest BCUT2D eigenvalue weighted by molar-refractivity contribution is 0.0569. The lowest BCUT2D eigenvalue weighted by Crippen LogP contribution is -2.23. The van der Waals surface area contributed by atoms with Crippen LogP contribution in [0.4, 0.5) is 8.78 Å². The second-order valence-electron chi connectivity index (χ2n) is 4.21. The van der Waals surface area contributed by atoms with E-state index in [1.165, 1.54) is 18.6 Å². The van der Waals surface area contributed by atoms with Crippen LogP contribution in [0.5, 0.6) is 0 Å². The molecule has 0 fully saturated rings. The molecule has 0 amide bonds. The second-order valence-corrected chi connectivity index (χ2v) is 4.21. The Hall–Kier alpha value is -1.68. The summed E-state index contributed by atoms with van der Waals surface area (Å²) in [6.07, 6.45) is 3.07. The number of hydrogen-bond donors (Lipinski definition) is 1. The minimum Gasteiger partial charge on any atom is -0.472 e. The minimum atomic E-state index is -1.17. The van der Waals surface area contributed by atoms with Crippen molar-refractivity contribution in [3.63, 3.8) is 0 Å². The first kappa shape index (κ1) is 11.8. The molecule has 0 radical (unpaired) electrons. The highest BCUT2D eigenvalue weighted by atomic mass is 19.2. The molecule has 90 valence electrons. The molecule has 0 spiro atoms. The number of hydrogen-bond acceptors (Lipinski definition) is 2. The number of halogens is 2. The average molecular weight is 238 g/mol. The van der Waals surface area contributed by atoms with Crippen LogP contribution < -0.4 is 0 Å². The molecule has 0 aliphatic carbocycles. The summed E-state index contributed by atoms with van der Waals surface area (Å²) in [5, 5.41) is 10.2. The third-order valence-electron chi connectivity index (χ3n) is 2.68. The van der Waals surface area contributed by atoms with Crippen molar-refractivity contribution >= 4 is 0 Å². The van der Waals surface area contributed by atoms with Gasteiger partial charge in [0.2, 0.25) is 0 Å². The maximum absolute atomic E-state index is 13.0. The number of rotatable bonds is 3. The Morgan fingerprint density at radius 2 is 2.00 bits per heavy atom. The van der Waals surface area contributed by atoms with Gasteiger partial charge in [-0.05, 0) is 30.7 Å². The van der Waals surface area contributed by atoms with E-state index in [0.717, 1.165) is 12.1 Å². The van der Waals surface area contributed by atoms with Gasteiger partial charge in [0.05, 0.1) is 18.1 Å². The van der Waals surface area contributed by atoms with Crippen LogP contribution >= 0.6 is 0 Å². The topological polar surface area (TPSA) is 33.4 Å². The minimum absolute atomic E-state index is 0.184. The molecule has 4 heteroatoms. The molecule has 0 saturated carbocycles. The summed E-state index contributed by atoms with van der Waals surface area (Å²) in [5.74, 6) is -1.80. The van der Waals surface area contributed by atoms with Crippen LogP contribution in [-0.4, -0.2) is 5.11 Å². The van der Waals surface area contributed by atoms with E-state index >= 15 is 0 Å². The molecule has 1 heterocycles. The smallest absolute Gasteiger partial charge is 0.159 e. The zero-order chi connectivity index (χ0) is 12.5. The van der Waals surface area contributed by atoms with Crippen LogP contribution in [0.1, 0.15) is 18.1 Å². The van der Waals surface area contributed by atoms with E-state index in [1.54, 1.807) is 13.0 Å². The lowest BCUT2D eigenvalue weighted by atomic mass is 9.91. The zero-order valence-corrected chi connectivity index (χ0v) is 9.28. The van der Waals surface area contributed by atoms with Gasteiger partial charge >= 0.3 is 0 Å². The van der Waals surface area contributed by atoms with Crippen LogP contribution in [0.2, 0.25) is 0 Å². The number of aliphatic hydroxyl groups is 1. The Balaban J connectivity index is 2.23. The molecule has 2 aromatic rings. The van der Waals surface area contributed by atoms with Crippen LogP contribution in [0.15, 0.2) is 41.2 Å². The van der Waals surface area contributed by atoms with Crippen LogP contribution in [0.3, 0.4) is 0 Å². The number of benzene rings is 1. The standard InChI is InChI=1S/C13H12F2O2/c1-13(16,10-4-5-17-8-10)7-9-2-3-11(14)12(15)6-9/h2-6,8,16H,7H2,1H3. The Morgan fingerprint density at radius 1 is 1.24 bits per heavy atom. The molecule has 1 unspecified atom stereocenters. The van der Waals surface area contributed by atoms with E-state index in [-0.39, 0.29) is 6.42 Å². The molecular weight excluding hydrogens is 226 g/mol. The van der Waals surface area contributed by atoms with E-state index in [9.17, 15) is 13.9 Å². The summed E-state index contributed by atoms with van der Waals surface area (Å²) < 4.78 is 30.7. The first-order chi connectivity index (χ1) is 7.99. The van der Waals surface area contributed by atoms with E-state index in [0.29, 0.717) is 11.1 Å². The van der Waals surface area contributed by atoms with Gasteiger partial charge in [0, 0.05) is 12.0 Å². The van der Waals surface area contributed by atoms with E-state index in [4.69, 9.17) is 4.42 Å². The SMILES string of the molecule is CC(O)(Cc1ccc(F)c(F)c1)c1ccoc1. The third kappa shape index (κ3) is 2.53. The van der Waals surface area contributed by atoms with Crippen molar-refractivity contribution in [1.82, 2.24) is 0 Å². The molecule has 0 aliphatic rings. The highest BCUT2D eigenvalue weighted by Gasteiger charge is 2.25. The van der Waals surface area contributed by atoms with Gasteiger partial charge < -0.3 is 9.52 Å². The fourth-order valence-electron chi connectivity index (χ4n) is 1.72. The summed E-state index contributed by atoms with van der Waals surface area (Å²) >= 11 is 0. The van der Waals surface area contributed by atoms with Crippen molar-refractivity contribution in [3.05, 3.63) is 59.6 Å². The Bertz CT molecular complexity index is 504. The summed E-state index contributed by atoms with van der Waals surface area (Å²) in [5.41, 5.74) is -0.0468. The average Bonchev–Trinajstić information content (AvgIpc) is 2.77. The molecule has 0 saturated heterocycles. The van der Waals surface area contributed by atoms with Crippen molar-refractivity contribution in [1.29, 1.82) is 0 Å². The highest BCUT2D eigenvalue weighted by molar-refractivity contribution is 5.24. The van der Waals surface area contributed by atoms with Gasteiger partial charge in [0.25, 0.3) is 0 Å². The van der Waals surface area contributed by atoms with Gasteiger partial charge in [-0.15, -0.1) is 0 Å². The molecule has 2 nitrogen and oxygen atoms in total. The molecule has 1 atom stereocenters. The Kier molecular flexibility index (Phi) is 2.98. The number of furan rings is 1. The lowest BCUT2D eigenvalue weighted by Gasteiger charge is -2.21. The maximum atomic E-state index is 13.0. The Morgan fingerprint density at radius 3 is 2.59 bits per heavy atom. The van der Waals surface area contributed by atoms with Crippen molar-refractivity contribution < 1.29 is 18.3 Å². The summed E-state index contributed by atoms with van der Waals surface area (Å²) in [6.45, 7) is 1.60. The zero-order valence-electron chi connectivity index (χ0n) is 9.28. The van der Waals surface area contributed by atoms with Gasteiger partial charge in [-0.1, -0.05) is 6.07 Å². The monoisotopic (exact) mass is 238 g/mol. The molecule has 2 rings (SSSR count). The van der Waals surface area contributed by atoms with Crippen molar-refractivity contribution in [2.75, 3.05) is 0 Å². The fraction of sp³-hybridized carbons (Fsp3) is 0.231.